The van der Waals surface area contributed by atoms with Crippen LogP contribution in [0.4, 0.5) is 18.9 Å². The number of benzene rings is 1. The van der Waals surface area contributed by atoms with E-state index < -0.39 is 17.7 Å². The Morgan fingerprint density at radius 3 is 2.58 bits per heavy atom. The molecular formula is C13H16F3NO2. The maximum Gasteiger partial charge on any atom is 0.416 e. The molecule has 2 N–H and O–H groups in total. The van der Waals surface area contributed by atoms with Crippen molar-refractivity contribution in [1.82, 2.24) is 0 Å². The lowest BCUT2D eigenvalue weighted by Gasteiger charge is -2.17. The lowest BCUT2D eigenvalue weighted by molar-refractivity contribution is -0.138. The molecule has 0 aromatic heterocycles. The summed E-state index contributed by atoms with van der Waals surface area (Å²) in [6, 6.07) is 3.80. The van der Waals surface area contributed by atoms with Crippen LogP contribution in [0.25, 0.3) is 0 Å². The van der Waals surface area contributed by atoms with Crippen LogP contribution in [-0.2, 0) is 11.0 Å². The Kier molecular flexibility index (Phi) is 4.80. The van der Waals surface area contributed by atoms with Gasteiger partial charge in [-0.2, -0.15) is 13.2 Å². The second kappa shape index (κ2) is 5.95. The van der Waals surface area contributed by atoms with Gasteiger partial charge in [-0.05, 0) is 38.0 Å². The third kappa shape index (κ3) is 4.81. The summed E-state index contributed by atoms with van der Waals surface area (Å²) in [5, 5.41) is 11.4. The molecule has 0 aliphatic carbocycles. The van der Waals surface area contributed by atoms with E-state index >= 15 is 0 Å². The van der Waals surface area contributed by atoms with E-state index in [4.69, 9.17) is 5.11 Å². The van der Waals surface area contributed by atoms with Crippen LogP contribution in [0.3, 0.4) is 0 Å². The molecule has 0 radical (unpaired) electrons. The van der Waals surface area contributed by atoms with E-state index in [1.54, 1.807) is 13.0 Å². The van der Waals surface area contributed by atoms with Crippen molar-refractivity contribution in [2.24, 2.45) is 0 Å². The van der Waals surface area contributed by atoms with Crippen molar-refractivity contribution in [3.05, 3.63) is 29.3 Å². The SMILES string of the molecule is Cc1ccc(NC(C)CCC(=O)O)cc1C(F)(F)F. The predicted octanol–water partition coefficient (Wildman–Crippen LogP) is 3.68. The fourth-order valence-corrected chi connectivity index (χ4v) is 1.71. The van der Waals surface area contributed by atoms with Crippen LogP contribution in [0.5, 0.6) is 0 Å². The number of rotatable bonds is 5. The topological polar surface area (TPSA) is 49.3 Å². The quantitative estimate of drug-likeness (QED) is 0.861. The monoisotopic (exact) mass is 275 g/mol. The van der Waals surface area contributed by atoms with Crippen LogP contribution in [0.1, 0.15) is 30.9 Å². The van der Waals surface area contributed by atoms with Gasteiger partial charge >= 0.3 is 12.1 Å². The Bertz CT molecular complexity index is 458. The lowest BCUT2D eigenvalue weighted by atomic mass is 10.1. The summed E-state index contributed by atoms with van der Waals surface area (Å²) in [6.07, 6.45) is -4.05. The second-order valence-electron chi connectivity index (χ2n) is 4.51. The molecule has 0 saturated carbocycles. The van der Waals surface area contributed by atoms with Crippen molar-refractivity contribution < 1.29 is 23.1 Å². The van der Waals surface area contributed by atoms with E-state index in [1.165, 1.54) is 13.0 Å². The van der Waals surface area contributed by atoms with Gasteiger partial charge in [0.25, 0.3) is 0 Å². The van der Waals surface area contributed by atoms with Gasteiger partial charge in [-0.25, -0.2) is 0 Å². The van der Waals surface area contributed by atoms with Crippen LogP contribution >= 0.6 is 0 Å². The van der Waals surface area contributed by atoms with Gasteiger partial charge in [0, 0.05) is 18.2 Å². The zero-order valence-electron chi connectivity index (χ0n) is 10.7. The number of hydrogen-bond acceptors (Lipinski definition) is 2. The van der Waals surface area contributed by atoms with Crippen LogP contribution in [0.15, 0.2) is 18.2 Å². The number of carboxylic acid groups (broad SMARTS) is 1. The average molecular weight is 275 g/mol. The molecule has 0 heterocycles. The van der Waals surface area contributed by atoms with Gasteiger partial charge in [0.15, 0.2) is 0 Å². The molecule has 1 atom stereocenters. The summed E-state index contributed by atoms with van der Waals surface area (Å²) < 4.78 is 38.1. The van der Waals surface area contributed by atoms with E-state index in [1.807, 2.05) is 0 Å². The number of anilines is 1. The van der Waals surface area contributed by atoms with Crippen LogP contribution in [0.2, 0.25) is 0 Å². The van der Waals surface area contributed by atoms with E-state index in [0.29, 0.717) is 12.1 Å². The third-order valence-corrected chi connectivity index (χ3v) is 2.75. The Hall–Kier alpha value is -1.72. The molecule has 1 aromatic carbocycles. The standard InChI is InChI=1S/C13H16F3NO2/c1-8-3-5-10(7-11(8)13(14,15)16)17-9(2)4-6-12(18)19/h3,5,7,9,17H,4,6H2,1-2H3,(H,18,19). The Morgan fingerprint density at radius 1 is 1.42 bits per heavy atom. The molecule has 1 unspecified atom stereocenters. The first-order chi connectivity index (χ1) is 8.70. The summed E-state index contributed by atoms with van der Waals surface area (Å²) in [6.45, 7) is 3.14. The number of alkyl halides is 3. The minimum absolute atomic E-state index is 0.0217. The molecule has 0 aliphatic rings. The first-order valence-electron chi connectivity index (χ1n) is 5.86. The van der Waals surface area contributed by atoms with E-state index in [9.17, 15) is 18.0 Å². The number of nitrogens with one attached hydrogen (secondary N) is 1. The molecule has 0 bridgehead atoms. The highest BCUT2D eigenvalue weighted by Crippen LogP contribution is 2.33. The Labute approximate surface area is 109 Å². The number of halogens is 3. The Morgan fingerprint density at radius 2 is 2.05 bits per heavy atom. The molecule has 1 rings (SSSR count). The highest BCUT2D eigenvalue weighted by atomic mass is 19.4. The summed E-state index contributed by atoms with van der Waals surface area (Å²) in [4.78, 5) is 10.4. The van der Waals surface area contributed by atoms with Crippen molar-refractivity contribution in [2.75, 3.05) is 5.32 Å². The fraction of sp³-hybridized carbons (Fsp3) is 0.462. The summed E-state index contributed by atoms with van der Waals surface area (Å²) in [7, 11) is 0. The third-order valence-electron chi connectivity index (χ3n) is 2.75. The zero-order valence-corrected chi connectivity index (χ0v) is 10.7. The number of aryl methyl sites for hydroxylation is 1. The molecule has 0 aliphatic heterocycles. The first kappa shape index (κ1) is 15.3. The first-order valence-corrected chi connectivity index (χ1v) is 5.86. The summed E-state index contributed by atoms with van der Waals surface area (Å²) in [5.41, 5.74) is -0.171. The highest BCUT2D eigenvalue weighted by molar-refractivity contribution is 5.66. The Balaban J connectivity index is 2.77. The van der Waals surface area contributed by atoms with Crippen molar-refractivity contribution in [3.63, 3.8) is 0 Å². The number of carboxylic acids is 1. The van der Waals surface area contributed by atoms with Gasteiger partial charge in [-0.15, -0.1) is 0 Å². The van der Waals surface area contributed by atoms with Gasteiger partial charge in [0.05, 0.1) is 5.56 Å². The van der Waals surface area contributed by atoms with Crippen molar-refractivity contribution in [3.8, 4) is 0 Å². The zero-order chi connectivity index (χ0) is 14.6. The molecule has 0 saturated heterocycles. The van der Waals surface area contributed by atoms with Gasteiger partial charge in [0.1, 0.15) is 0 Å². The second-order valence-corrected chi connectivity index (χ2v) is 4.51. The number of hydrogen-bond donors (Lipinski definition) is 2. The van der Waals surface area contributed by atoms with Crippen molar-refractivity contribution in [1.29, 1.82) is 0 Å². The van der Waals surface area contributed by atoms with E-state index in [0.717, 1.165) is 6.07 Å². The highest BCUT2D eigenvalue weighted by Gasteiger charge is 2.32. The maximum atomic E-state index is 12.7. The van der Waals surface area contributed by atoms with Gasteiger partial charge in [0.2, 0.25) is 0 Å². The van der Waals surface area contributed by atoms with Crippen molar-refractivity contribution in [2.45, 2.75) is 38.9 Å². The van der Waals surface area contributed by atoms with Crippen LogP contribution in [-0.4, -0.2) is 17.1 Å². The molecule has 0 fully saturated rings. The minimum Gasteiger partial charge on any atom is -0.481 e. The minimum atomic E-state index is -4.38. The normalized spacial score (nSPS) is 13.1. The smallest absolute Gasteiger partial charge is 0.416 e. The van der Waals surface area contributed by atoms with Crippen molar-refractivity contribution >= 4 is 11.7 Å². The molecule has 19 heavy (non-hydrogen) atoms. The van der Waals surface area contributed by atoms with Gasteiger partial charge < -0.3 is 10.4 Å². The van der Waals surface area contributed by atoms with Crippen LogP contribution in [0, 0.1) is 6.92 Å². The fourth-order valence-electron chi connectivity index (χ4n) is 1.71. The van der Waals surface area contributed by atoms with Crippen LogP contribution < -0.4 is 5.32 Å². The molecule has 6 heteroatoms. The lowest BCUT2D eigenvalue weighted by Crippen LogP contribution is -2.17. The largest absolute Gasteiger partial charge is 0.481 e. The summed E-state index contributed by atoms with van der Waals surface area (Å²) in [5.74, 6) is -0.923. The molecule has 3 nitrogen and oxygen atoms in total. The predicted molar refractivity (Wildman–Crippen MR) is 66.1 cm³/mol. The molecule has 0 spiro atoms. The maximum absolute atomic E-state index is 12.7. The molecular weight excluding hydrogens is 259 g/mol. The molecule has 1 aromatic rings. The summed E-state index contributed by atoms with van der Waals surface area (Å²) >= 11 is 0. The average Bonchev–Trinajstić information content (AvgIpc) is 2.27. The molecule has 106 valence electrons. The van der Waals surface area contributed by atoms with Gasteiger partial charge in [-0.3, -0.25) is 4.79 Å². The number of aliphatic carboxylic acids is 1. The number of carbonyl (C=O) groups is 1. The van der Waals surface area contributed by atoms with Gasteiger partial charge in [-0.1, -0.05) is 6.07 Å². The van der Waals surface area contributed by atoms with E-state index in [-0.39, 0.29) is 18.0 Å². The molecule has 0 amide bonds. The van der Waals surface area contributed by atoms with E-state index in [2.05, 4.69) is 5.32 Å².